The van der Waals surface area contributed by atoms with Gasteiger partial charge in [0.2, 0.25) is 5.91 Å². The molecule has 1 N–H and O–H groups in total. The first-order chi connectivity index (χ1) is 13.1. The van der Waals surface area contributed by atoms with Crippen molar-refractivity contribution in [3.63, 3.8) is 0 Å². The minimum Gasteiger partial charge on any atom is -0.464 e. The first-order valence-electron chi connectivity index (χ1n) is 8.78. The van der Waals surface area contributed by atoms with E-state index in [9.17, 15) is 18.0 Å². The predicted molar refractivity (Wildman–Crippen MR) is 100 cm³/mol. The molecule has 28 heavy (non-hydrogen) atoms. The normalized spacial score (nSPS) is 11.8. The van der Waals surface area contributed by atoms with Gasteiger partial charge >= 0.3 is 6.36 Å². The van der Waals surface area contributed by atoms with Crippen molar-refractivity contribution in [2.75, 3.05) is 5.32 Å². The Morgan fingerprint density at radius 1 is 1.18 bits per heavy atom. The number of ether oxygens (including phenoxy) is 1. The fourth-order valence-corrected chi connectivity index (χ4v) is 3.12. The van der Waals surface area contributed by atoms with Gasteiger partial charge in [-0.25, -0.2) is 0 Å². The number of anilines is 1. The molecule has 0 aliphatic rings. The van der Waals surface area contributed by atoms with E-state index in [0.29, 0.717) is 11.6 Å². The number of hydrogen-bond acceptors (Lipinski definition) is 3. The number of hydrogen-bond donors (Lipinski definition) is 1. The summed E-state index contributed by atoms with van der Waals surface area (Å²) in [7, 11) is 0. The van der Waals surface area contributed by atoms with Crippen LogP contribution >= 0.6 is 0 Å². The van der Waals surface area contributed by atoms with Crippen LogP contribution in [0.1, 0.15) is 36.5 Å². The number of fused-ring (bicyclic) bond motifs is 1. The molecule has 3 rings (SSSR count). The molecule has 0 saturated heterocycles. The Balaban J connectivity index is 1.72. The van der Waals surface area contributed by atoms with Crippen molar-refractivity contribution >= 4 is 22.6 Å². The van der Waals surface area contributed by atoms with Crippen LogP contribution in [-0.4, -0.2) is 12.3 Å². The number of amides is 1. The van der Waals surface area contributed by atoms with Crippen LogP contribution in [0.5, 0.6) is 5.75 Å². The van der Waals surface area contributed by atoms with E-state index in [1.54, 1.807) is 6.26 Å². The number of alkyl halides is 3. The van der Waals surface area contributed by atoms with E-state index in [4.69, 9.17) is 4.42 Å². The first-order valence-corrected chi connectivity index (χ1v) is 8.78. The molecule has 148 valence electrons. The Kier molecular flexibility index (Phi) is 5.36. The average Bonchev–Trinajstić information content (AvgIpc) is 2.96. The van der Waals surface area contributed by atoms with E-state index >= 15 is 0 Å². The van der Waals surface area contributed by atoms with E-state index < -0.39 is 6.36 Å². The topological polar surface area (TPSA) is 51.5 Å². The molecule has 4 nitrogen and oxygen atoms in total. The molecule has 7 heteroatoms. The summed E-state index contributed by atoms with van der Waals surface area (Å²) in [6.07, 6.45) is -3.09. The molecule has 0 unspecified atom stereocenters. The van der Waals surface area contributed by atoms with Crippen LogP contribution in [0.3, 0.4) is 0 Å². The van der Waals surface area contributed by atoms with Crippen molar-refractivity contribution in [3.05, 3.63) is 59.4 Å². The van der Waals surface area contributed by atoms with Gasteiger partial charge in [0.05, 0.1) is 12.7 Å². The monoisotopic (exact) mass is 391 g/mol. The maximum Gasteiger partial charge on any atom is 0.573 e. The third-order valence-corrected chi connectivity index (χ3v) is 4.39. The van der Waals surface area contributed by atoms with Crippen LogP contribution in [0, 0.1) is 6.92 Å². The number of nitrogens with one attached hydrogen (secondary N) is 1. The number of rotatable bonds is 5. The summed E-state index contributed by atoms with van der Waals surface area (Å²) in [5.41, 5.74) is 4.18. The molecule has 0 aliphatic heterocycles. The van der Waals surface area contributed by atoms with Gasteiger partial charge in [0.25, 0.3) is 0 Å². The van der Waals surface area contributed by atoms with Gasteiger partial charge in [0, 0.05) is 16.6 Å². The van der Waals surface area contributed by atoms with Crippen molar-refractivity contribution in [2.45, 2.75) is 39.5 Å². The van der Waals surface area contributed by atoms with Crippen LogP contribution in [0.4, 0.5) is 18.9 Å². The van der Waals surface area contributed by atoms with Crippen LogP contribution in [0.2, 0.25) is 0 Å². The number of aryl methyl sites for hydroxylation is 1. The van der Waals surface area contributed by atoms with Gasteiger partial charge in [0.1, 0.15) is 11.3 Å². The largest absolute Gasteiger partial charge is 0.573 e. The lowest BCUT2D eigenvalue weighted by Crippen LogP contribution is -2.17. The SMILES string of the molecule is Cc1cc2occ(CC(=O)Nc3ccc(OC(F)(F)F)cc3)c2cc1C(C)C. The Hall–Kier alpha value is -2.96. The third kappa shape index (κ3) is 4.65. The zero-order chi connectivity index (χ0) is 20.5. The maximum absolute atomic E-state index is 12.4. The van der Waals surface area contributed by atoms with Crippen molar-refractivity contribution in [3.8, 4) is 5.75 Å². The summed E-state index contributed by atoms with van der Waals surface area (Å²) in [6, 6.07) is 9.01. The van der Waals surface area contributed by atoms with Gasteiger partial charge < -0.3 is 14.5 Å². The van der Waals surface area contributed by atoms with Crippen molar-refractivity contribution < 1.29 is 27.1 Å². The summed E-state index contributed by atoms with van der Waals surface area (Å²) < 4.78 is 46.0. The van der Waals surface area contributed by atoms with Crippen molar-refractivity contribution in [1.29, 1.82) is 0 Å². The third-order valence-electron chi connectivity index (χ3n) is 4.39. The van der Waals surface area contributed by atoms with Crippen molar-refractivity contribution in [1.82, 2.24) is 0 Å². The number of halogens is 3. The van der Waals surface area contributed by atoms with E-state index in [0.717, 1.165) is 34.2 Å². The Morgan fingerprint density at radius 3 is 2.46 bits per heavy atom. The zero-order valence-corrected chi connectivity index (χ0v) is 15.7. The smallest absolute Gasteiger partial charge is 0.464 e. The highest BCUT2D eigenvalue weighted by molar-refractivity contribution is 5.95. The predicted octanol–water partition coefficient (Wildman–Crippen LogP) is 5.94. The molecule has 0 bridgehead atoms. The molecule has 0 fully saturated rings. The lowest BCUT2D eigenvalue weighted by atomic mass is 9.95. The van der Waals surface area contributed by atoms with Gasteiger partial charge in [-0.2, -0.15) is 0 Å². The van der Waals surface area contributed by atoms with Gasteiger partial charge in [-0.1, -0.05) is 13.8 Å². The highest BCUT2D eigenvalue weighted by atomic mass is 19.4. The Labute approximate surface area is 160 Å². The number of benzene rings is 2. The Bertz CT molecular complexity index is 989. The average molecular weight is 391 g/mol. The van der Waals surface area contributed by atoms with Crippen LogP contribution in [0.25, 0.3) is 11.0 Å². The summed E-state index contributed by atoms with van der Waals surface area (Å²) >= 11 is 0. The van der Waals surface area contributed by atoms with E-state index in [-0.39, 0.29) is 18.1 Å². The molecular formula is C21H20F3NO3. The molecule has 2 aromatic carbocycles. The van der Waals surface area contributed by atoms with Crippen LogP contribution in [0.15, 0.2) is 47.1 Å². The van der Waals surface area contributed by atoms with Crippen LogP contribution in [-0.2, 0) is 11.2 Å². The molecule has 0 saturated carbocycles. The molecule has 0 aliphatic carbocycles. The number of carbonyl (C=O) groups is 1. The van der Waals surface area contributed by atoms with E-state index in [1.165, 1.54) is 17.7 Å². The summed E-state index contributed by atoms with van der Waals surface area (Å²) in [4.78, 5) is 12.4. The first kappa shape index (κ1) is 19.8. The second kappa shape index (κ2) is 7.58. The summed E-state index contributed by atoms with van der Waals surface area (Å²) in [5, 5.41) is 3.55. The minimum atomic E-state index is -4.75. The molecule has 1 amide bonds. The number of furan rings is 1. The zero-order valence-electron chi connectivity index (χ0n) is 15.7. The summed E-state index contributed by atoms with van der Waals surface area (Å²) in [5.74, 6) is -0.291. The molecule has 0 atom stereocenters. The molecule has 1 heterocycles. The van der Waals surface area contributed by atoms with Gasteiger partial charge in [-0.05, 0) is 60.4 Å². The van der Waals surface area contributed by atoms with E-state index in [2.05, 4.69) is 23.9 Å². The molecule has 3 aromatic rings. The second-order valence-electron chi connectivity index (χ2n) is 6.92. The number of carbonyl (C=O) groups excluding carboxylic acids is 1. The molecule has 0 radical (unpaired) electrons. The summed E-state index contributed by atoms with van der Waals surface area (Å²) in [6.45, 7) is 6.23. The Morgan fingerprint density at radius 2 is 1.86 bits per heavy atom. The van der Waals surface area contributed by atoms with E-state index in [1.807, 2.05) is 19.1 Å². The molecule has 0 spiro atoms. The fraction of sp³-hybridized carbons (Fsp3) is 0.286. The molecule has 1 aromatic heterocycles. The lowest BCUT2D eigenvalue weighted by Gasteiger charge is -2.10. The fourth-order valence-electron chi connectivity index (χ4n) is 3.12. The van der Waals surface area contributed by atoms with Crippen LogP contribution < -0.4 is 10.1 Å². The van der Waals surface area contributed by atoms with Crippen molar-refractivity contribution in [2.24, 2.45) is 0 Å². The lowest BCUT2D eigenvalue weighted by molar-refractivity contribution is -0.274. The van der Waals surface area contributed by atoms with Gasteiger partial charge in [-0.15, -0.1) is 13.2 Å². The highest BCUT2D eigenvalue weighted by Gasteiger charge is 2.31. The molecular weight excluding hydrogens is 371 g/mol. The quantitative estimate of drug-likeness (QED) is 0.585. The highest BCUT2D eigenvalue weighted by Crippen LogP contribution is 2.29. The standard InChI is InChI=1S/C21H20F3NO3/c1-12(2)17-10-18-14(11-27-19(18)8-13(17)3)9-20(26)25-15-4-6-16(7-5-15)28-21(22,23)24/h4-8,10-12H,9H2,1-3H3,(H,25,26). The second-order valence-corrected chi connectivity index (χ2v) is 6.92. The maximum atomic E-state index is 12.4. The van der Waals surface area contributed by atoms with Gasteiger partial charge in [0.15, 0.2) is 0 Å². The van der Waals surface area contributed by atoms with Gasteiger partial charge in [-0.3, -0.25) is 4.79 Å². The minimum absolute atomic E-state index is 0.0917.